The van der Waals surface area contributed by atoms with E-state index in [2.05, 4.69) is 4.99 Å². The lowest BCUT2D eigenvalue weighted by Crippen LogP contribution is -1.82. The molecule has 0 aliphatic rings. The first kappa shape index (κ1) is 12.0. The van der Waals surface area contributed by atoms with Gasteiger partial charge in [0.15, 0.2) is 0 Å². The van der Waals surface area contributed by atoms with Gasteiger partial charge in [0.05, 0.1) is 0 Å². The van der Waals surface area contributed by atoms with E-state index in [1.807, 2.05) is 6.92 Å². The molecule has 18 heavy (non-hydrogen) atoms. The molecule has 2 rings (SSSR count). The summed E-state index contributed by atoms with van der Waals surface area (Å²) in [4.78, 5) is 4.11. The Kier molecular flexibility index (Phi) is 3.19. The Morgan fingerprint density at radius 1 is 0.944 bits per heavy atom. The average Bonchev–Trinajstić information content (AvgIpc) is 2.32. The van der Waals surface area contributed by atoms with Gasteiger partial charge in [-0.2, -0.15) is 0 Å². The van der Waals surface area contributed by atoms with Gasteiger partial charge in [-0.05, 0) is 36.8 Å². The van der Waals surface area contributed by atoms with Crippen LogP contribution in [0.2, 0.25) is 0 Å². The molecule has 0 bridgehead atoms. The summed E-state index contributed by atoms with van der Waals surface area (Å²) >= 11 is 0. The number of phenols is 3. The highest BCUT2D eigenvalue weighted by Gasteiger charge is 2.01. The number of hydrogen-bond acceptors (Lipinski definition) is 4. The third kappa shape index (κ3) is 2.60. The summed E-state index contributed by atoms with van der Waals surface area (Å²) in [5.74, 6) is 0.00376. The van der Waals surface area contributed by atoms with E-state index >= 15 is 0 Å². The molecule has 0 spiro atoms. The van der Waals surface area contributed by atoms with Gasteiger partial charge < -0.3 is 15.3 Å². The molecule has 0 radical (unpaired) electrons. The van der Waals surface area contributed by atoms with Crippen molar-refractivity contribution < 1.29 is 15.3 Å². The Hall–Kier alpha value is -2.49. The maximum Gasteiger partial charge on any atom is 0.141 e. The molecule has 2 aromatic carbocycles. The molecule has 0 amide bonds. The number of nitrogens with zero attached hydrogens (tertiary/aromatic N) is 1. The topological polar surface area (TPSA) is 73.1 Å². The monoisotopic (exact) mass is 243 g/mol. The highest BCUT2D eigenvalue weighted by molar-refractivity contribution is 5.86. The molecule has 3 N–H and O–H groups in total. The van der Waals surface area contributed by atoms with Crippen LogP contribution in [0.15, 0.2) is 41.4 Å². The van der Waals surface area contributed by atoms with Crippen molar-refractivity contribution >= 4 is 11.9 Å². The van der Waals surface area contributed by atoms with Gasteiger partial charge in [-0.1, -0.05) is 6.07 Å². The van der Waals surface area contributed by atoms with E-state index in [0.717, 1.165) is 5.56 Å². The summed E-state index contributed by atoms with van der Waals surface area (Å²) in [5, 5.41) is 28.3. The predicted octanol–water partition coefficient (Wildman–Crippen LogP) is 2.86. The molecule has 4 nitrogen and oxygen atoms in total. The Labute approximate surface area is 104 Å². The van der Waals surface area contributed by atoms with Crippen LogP contribution in [0.5, 0.6) is 17.2 Å². The lowest BCUT2D eigenvalue weighted by Gasteiger charge is -2.01. The fraction of sp³-hybridized carbons (Fsp3) is 0.0714. The second-order valence-electron chi connectivity index (χ2n) is 3.99. The smallest absolute Gasteiger partial charge is 0.141 e. The van der Waals surface area contributed by atoms with Crippen LogP contribution in [-0.2, 0) is 0 Å². The lowest BCUT2D eigenvalue weighted by molar-refractivity contribution is 0.450. The SMILES string of the molecule is Cc1ccc(O)c(N=Cc2ccc(O)cc2O)c1. The number of hydrogen-bond donors (Lipinski definition) is 3. The van der Waals surface area contributed by atoms with Gasteiger partial charge in [0.2, 0.25) is 0 Å². The second-order valence-corrected chi connectivity index (χ2v) is 3.99. The van der Waals surface area contributed by atoms with Crippen LogP contribution in [-0.4, -0.2) is 21.5 Å². The largest absolute Gasteiger partial charge is 0.508 e. The standard InChI is InChI=1S/C14H13NO3/c1-9-2-5-13(17)12(6-9)15-8-10-3-4-11(16)7-14(10)18/h2-8,16-18H,1H3. The molecule has 0 aliphatic heterocycles. The maximum absolute atomic E-state index is 9.61. The molecule has 0 unspecified atom stereocenters. The van der Waals surface area contributed by atoms with E-state index in [0.29, 0.717) is 11.3 Å². The number of phenolic OH excluding ortho intramolecular Hbond substituents is 3. The van der Waals surface area contributed by atoms with Gasteiger partial charge in [0, 0.05) is 17.8 Å². The number of benzene rings is 2. The van der Waals surface area contributed by atoms with Crippen LogP contribution in [0.25, 0.3) is 0 Å². The first-order chi connectivity index (χ1) is 8.56. The van der Waals surface area contributed by atoms with Crippen molar-refractivity contribution in [2.75, 3.05) is 0 Å². The summed E-state index contributed by atoms with van der Waals surface area (Å²) in [6.45, 7) is 1.90. The molecular weight excluding hydrogens is 230 g/mol. The van der Waals surface area contributed by atoms with Gasteiger partial charge >= 0.3 is 0 Å². The van der Waals surface area contributed by atoms with Crippen molar-refractivity contribution in [3.05, 3.63) is 47.5 Å². The van der Waals surface area contributed by atoms with Crippen LogP contribution in [0.1, 0.15) is 11.1 Å². The Balaban J connectivity index is 2.32. The second kappa shape index (κ2) is 4.79. The first-order valence-corrected chi connectivity index (χ1v) is 5.42. The molecule has 4 heteroatoms. The Bertz CT molecular complexity index is 606. The van der Waals surface area contributed by atoms with Gasteiger partial charge in [0.25, 0.3) is 0 Å². The summed E-state index contributed by atoms with van der Waals surface area (Å²) in [6.07, 6.45) is 1.43. The van der Waals surface area contributed by atoms with Crippen molar-refractivity contribution in [3.8, 4) is 17.2 Å². The van der Waals surface area contributed by atoms with Gasteiger partial charge in [0.1, 0.15) is 22.9 Å². The maximum atomic E-state index is 9.61. The van der Waals surface area contributed by atoms with E-state index < -0.39 is 0 Å². The molecule has 0 saturated carbocycles. The zero-order valence-electron chi connectivity index (χ0n) is 9.83. The summed E-state index contributed by atoms with van der Waals surface area (Å²) < 4.78 is 0. The quantitative estimate of drug-likeness (QED) is 0.710. The fourth-order valence-corrected chi connectivity index (χ4v) is 1.52. The average molecular weight is 243 g/mol. The zero-order chi connectivity index (χ0) is 13.1. The zero-order valence-corrected chi connectivity index (χ0v) is 9.83. The van der Waals surface area contributed by atoms with Crippen LogP contribution in [0, 0.1) is 6.92 Å². The Morgan fingerprint density at radius 3 is 2.44 bits per heavy atom. The van der Waals surface area contributed by atoms with Crippen molar-refractivity contribution in [1.29, 1.82) is 0 Å². The molecular formula is C14H13NO3. The van der Waals surface area contributed by atoms with E-state index in [4.69, 9.17) is 5.11 Å². The van der Waals surface area contributed by atoms with Crippen molar-refractivity contribution in [1.82, 2.24) is 0 Å². The molecule has 0 saturated heterocycles. The fourth-order valence-electron chi connectivity index (χ4n) is 1.52. The number of rotatable bonds is 2. The number of aryl methyl sites for hydroxylation is 1. The third-order valence-electron chi connectivity index (χ3n) is 2.49. The van der Waals surface area contributed by atoms with E-state index in [1.54, 1.807) is 24.3 Å². The van der Waals surface area contributed by atoms with Crippen LogP contribution in [0.3, 0.4) is 0 Å². The molecule has 0 aliphatic carbocycles. The van der Waals surface area contributed by atoms with E-state index in [9.17, 15) is 10.2 Å². The van der Waals surface area contributed by atoms with Crippen LogP contribution >= 0.6 is 0 Å². The van der Waals surface area contributed by atoms with Gasteiger partial charge in [-0.15, -0.1) is 0 Å². The predicted molar refractivity (Wildman–Crippen MR) is 69.9 cm³/mol. The summed E-state index contributed by atoms with van der Waals surface area (Å²) in [5.41, 5.74) is 1.88. The molecule has 2 aromatic rings. The van der Waals surface area contributed by atoms with Crippen molar-refractivity contribution in [3.63, 3.8) is 0 Å². The molecule has 0 heterocycles. The minimum atomic E-state index is -0.0640. The molecule has 0 fully saturated rings. The highest BCUT2D eigenvalue weighted by Crippen LogP contribution is 2.28. The van der Waals surface area contributed by atoms with Gasteiger partial charge in [-0.3, -0.25) is 4.99 Å². The summed E-state index contributed by atoms with van der Waals surface area (Å²) in [6, 6.07) is 9.32. The summed E-state index contributed by atoms with van der Waals surface area (Å²) in [7, 11) is 0. The lowest BCUT2D eigenvalue weighted by atomic mass is 10.2. The normalized spacial score (nSPS) is 10.9. The number of aliphatic imine (C=N–C) groups is 1. The third-order valence-corrected chi connectivity index (χ3v) is 2.49. The molecule has 0 atom stereocenters. The Morgan fingerprint density at radius 2 is 1.72 bits per heavy atom. The van der Waals surface area contributed by atoms with Crippen molar-refractivity contribution in [2.24, 2.45) is 4.99 Å². The van der Waals surface area contributed by atoms with Crippen LogP contribution < -0.4 is 0 Å². The van der Waals surface area contributed by atoms with Crippen LogP contribution in [0.4, 0.5) is 5.69 Å². The van der Waals surface area contributed by atoms with Crippen molar-refractivity contribution in [2.45, 2.75) is 6.92 Å². The number of aromatic hydroxyl groups is 3. The molecule has 92 valence electrons. The minimum absolute atomic E-state index is 0.0111. The molecule has 0 aromatic heterocycles. The van der Waals surface area contributed by atoms with E-state index in [-0.39, 0.29) is 17.2 Å². The van der Waals surface area contributed by atoms with Gasteiger partial charge in [-0.25, -0.2) is 0 Å². The minimum Gasteiger partial charge on any atom is -0.508 e. The first-order valence-electron chi connectivity index (χ1n) is 5.42. The van der Waals surface area contributed by atoms with E-state index in [1.165, 1.54) is 18.3 Å². The highest BCUT2D eigenvalue weighted by atomic mass is 16.3.